The molecule has 2 aromatic rings. The average molecular weight is 495 g/mol. The summed E-state index contributed by atoms with van der Waals surface area (Å²) in [5.74, 6) is 0.702. The van der Waals surface area contributed by atoms with Crippen LogP contribution in [0.1, 0.15) is 12.0 Å². The van der Waals surface area contributed by atoms with Crippen LogP contribution >= 0.6 is 0 Å². The lowest BCUT2D eigenvalue weighted by Crippen LogP contribution is -2.52. The first kappa shape index (κ1) is 25.0. The average Bonchev–Trinajstić information content (AvgIpc) is 3.29. The van der Waals surface area contributed by atoms with Crippen LogP contribution in [0.2, 0.25) is 0 Å². The minimum Gasteiger partial charge on any atom is -0.484 e. The second-order valence-corrected chi connectivity index (χ2v) is 10.2. The van der Waals surface area contributed by atoms with Crippen LogP contribution < -0.4 is 9.64 Å². The highest BCUT2D eigenvalue weighted by atomic mass is 16.5. The molecule has 3 heterocycles. The van der Waals surface area contributed by atoms with Crippen LogP contribution in [0.15, 0.2) is 54.6 Å². The Balaban J connectivity index is 1.04. The van der Waals surface area contributed by atoms with Crippen LogP contribution in [-0.2, 0) is 16.1 Å². The Bertz CT molecular complexity index is 975. The van der Waals surface area contributed by atoms with Gasteiger partial charge in [-0.2, -0.15) is 0 Å². The van der Waals surface area contributed by atoms with Gasteiger partial charge < -0.3 is 24.4 Å². The Hall–Kier alpha value is -2.65. The van der Waals surface area contributed by atoms with Crippen molar-refractivity contribution in [2.45, 2.75) is 18.6 Å². The van der Waals surface area contributed by atoms with E-state index in [0.717, 1.165) is 52.2 Å². The Kier molecular flexibility index (Phi) is 8.06. The van der Waals surface area contributed by atoms with Crippen LogP contribution in [-0.4, -0.2) is 110 Å². The lowest BCUT2D eigenvalue weighted by molar-refractivity contribution is -0.137. The summed E-state index contributed by atoms with van der Waals surface area (Å²) >= 11 is 0. The van der Waals surface area contributed by atoms with E-state index in [0.29, 0.717) is 38.6 Å². The minimum absolute atomic E-state index is 0.000193. The molecule has 1 N–H and O–H groups in total. The summed E-state index contributed by atoms with van der Waals surface area (Å²) in [6, 6.07) is 18.5. The maximum absolute atomic E-state index is 12.3. The second-order valence-electron chi connectivity index (χ2n) is 10.2. The number of rotatable bonds is 8. The fourth-order valence-corrected chi connectivity index (χ4v) is 5.42. The molecule has 3 aliphatic rings. The van der Waals surface area contributed by atoms with Gasteiger partial charge in [-0.15, -0.1) is 0 Å². The van der Waals surface area contributed by atoms with Gasteiger partial charge in [0.25, 0.3) is 5.91 Å². The van der Waals surface area contributed by atoms with Crippen LogP contribution in [0.3, 0.4) is 0 Å². The number of benzene rings is 2. The maximum Gasteiger partial charge on any atom is 0.260 e. The van der Waals surface area contributed by atoms with Gasteiger partial charge in [-0.25, -0.2) is 0 Å². The number of aliphatic hydroxyl groups is 1. The van der Waals surface area contributed by atoms with E-state index in [1.807, 2.05) is 12.1 Å². The number of likely N-dealkylation sites (tertiary alicyclic amines) is 1. The van der Waals surface area contributed by atoms with E-state index >= 15 is 0 Å². The van der Waals surface area contributed by atoms with Crippen molar-refractivity contribution in [2.24, 2.45) is 0 Å². The zero-order chi connectivity index (χ0) is 24.8. The number of hydrogen-bond donors (Lipinski definition) is 1. The molecule has 3 saturated heterocycles. The van der Waals surface area contributed by atoms with Gasteiger partial charge in [0.2, 0.25) is 0 Å². The lowest BCUT2D eigenvalue weighted by atomic mass is 10.0. The molecule has 36 heavy (non-hydrogen) atoms. The summed E-state index contributed by atoms with van der Waals surface area (Å²) in [5.41, 5.74) is 1.81. The molecule has 1 atom stereocenters. The number of nitrogens with zero attached hydrogens (tertiary/aromatic N) is 4. The van der Waals surface area contributed by atoms with E-state index in [9.17, 15) is 9.90 Å². The van der Waals surface area contributed by atoms with Gasteiger partial charge >= 0.3 is 0 Å². The number of carbonyl (C=O) groups excluding carboxylic acids is 1. The van der Waals surface area contributed by atoms with E-state index in [1.54, 1.807) is 4.90 Å². The van der Waals surface area contributed by atoms with Crippen LogP contribution in [0.4, 0.5) is 5.69 Å². The summed E-state index contributed by atoms with van der Waals surface area (Å²) in [6.45, 7) is 9.58. The normalized spacial score (nSPS) is 23.7. The fourth-order valence-electron chi connectivity index (χ4n) is 5.42. The summed E-state index contributed by atoms with van der Waals surface area (Å²) in [6.07, 6.45) is 0.802. The molecule has 2 aromatic carbocycles. The predicted octanol–water partition coefficient (Wildman–Crippen LogP) is 1.68. The monoisotopic (exact) mass is 494 g/mol. The number of β-amino-alcohol motifs (C(OH)–C–C–N with tert-alkyl or cyclic N) is 1. The molecule has 0 bridgehead atoms. The largest absolute Gasteiger partial charge is 0.484 e. The van der Waals surface area contributed by atoms with Crippen molar-refractivity contribution in [3.63, 3.8) is 0 Å². The maximum atomic E-state index is 12.3. The van der Waals surface area contributed by atoms with Crippen molar-refractivity contribution in [3.05, 3.63) is 60.2 Å². The van der Waals surface area contributed by atoms with E-state index in [2.05, 4.69) is 57.2 Å². The molecule has 8 nitrogen and oxygen atoms in total. The Labute approximate surface area is 214 Å². The van der Waals surface area contributed by atoms with Crippen molar-refractivity contribution in [3.8, 4) is 5.75 Å². The molecule has 1 amide bonds. The molecule has 0 spiro atoms. The summed E-state index contributed by atoms with van der Waals surface area (Å²) in [7, 11) is 0. The quantitative estimate of drug-likeness (QED) is 0.599. The molecule has 8 heteroatoms. The van der Waals surface area contributed by atoms with Crippen molar-refractivity contribution in [2.75, 3.05) is 83.6 Å². The standard InChI is InChI=1S/C28H38N4O4/c33-27(32-16-18-35-19-17-32)21-36-26-8-6-24(7-9-26)20-30-11-10-28(34,23-30)22-29-12-14-31(15-13-29)25-4-2-1-3-5-25/h1-9,34H,10-23H2. The van der Waals surface area contributed by atoms with Crippen LogP contribution in [0.25, 0.3) is 0 Å². The van der Waals surface area contributed by atoms with Crippen LogP contribution in [0.5, 0.6) is 5.75 Å². The second kappa shape index (κ2) is 11.6. The number of anilines is 1. The molecule has 3 fully saturated rings. The van der Waals surface area contributed by atoms with Crippen molar-refractivity contribution in [1.82, 2.24) is 14.7 Å². The van der Waals surface area contributed by atoms with E-state index in [-0.39, 0.29) is 12.5 Å². The van der Waals surface area contributed by atoms with Gasteiger partial charge in [0, 0.05) is 71.1 Å². The third-order valence-corrected chi connectivity index (χ3v) is 7.48. The molecule has 5 rings (SSSR count). The van der Waals surface area contributed by atoms with Crippen molar-refractivity contribution in [1.29, 1.82) is 0 Å². The summed E-state index contributed by atoms with van der Waals surface area (Å²) < 4.78 is 11.0. The first-order valence-electron chi connectivity index (χ1n) is 13.1. The SMILES string of the molecule is O=C(COc1ccc(CN2CCC(O)(CN3CCN(c4ccccc4)CC3)C2)cc1)N1CCOCC1. The number of ether oxygens (including phenoxy) is 2. The number of piperazine rings is 1. The molecule has 0 aliphatic carbocycles. The highest BCUT2D eigenvalue weighted by Crippen LogP contribution is 2.26. The number of morpholine rings is 1. The molecular formula is C28H38N4O4. The molecule has 194 valence electrons. The lowest BCUT2D eigenvalue weighted by Gasteiger charge is -2.39. The summed E-state index contributed by atoms with van der Waals surface area (Å²) in [5, 5.41) is 11.3. The molecular weight excluding hydrogens is 456 g/mol. The van der Waals surface area contributed by atoms with Crippen molar-refractivity contribution < 1.29 is 19.4 Å². The highest BCUT2D eigenvalue weighted by Gasteiger charge is 2.38. The number of amides is 1. The highest BCUT2D eigenvalue weighted by molar-refractivity contribution is 5.77. The first-order valence-corrected chi connectivity index (χ1v) is 13.1. The topological polar surface area (TPSA) is 68.7 Å². The zero-order valence-corrected chi connectivity index (χ0v) is 21.1. The number of hydrogen-bond acceptors (Lipinski definition) is 7. The number of carbonyl (C=O) groups is 1. The van der Waals surface area contributed by atoms with Gasteiger partial charge in [0.1, 0.15) is 5.75 Å². The van der Waals surface area contributed by atoms with Gasteiger partial charge in [-0.1, -0.05) is 30.3 Å². The first-order chi connectivity index (χ1) is 17.6. The Morgan fingerprint density at radius 3 is 2.33 bits per heavy atom. The molecule has 1 unspecified atom stereocenters. The van der Waals surface area contributed by atoms with Crippen molar-refractivity contribution >= 4 is 11.6 Å². The predicted molar refractivity (Wildman–Crippen MR) is 139 cm³/mol. The third kappa shape index (κ3) is 6.56. The van der Waals surface area contributed by atoms with E-state index < -0.39 is 5.60 Å². The smallest absolute Gasteiger partial charge is 0.260 e. The Morgan fingerprint density at radius 2 is 1.61 bits per heavy atom. The number of para-hydroxylation sites is 1. The van der Waals surface area contributed by atoms with Gasteiger partial charge in [0.05, 0.1) is 18.8 Å². The van der Waals surface area contributed by atoms with Gasteiger partial charge in [-0.3, -0.25) is 14.6 Å². The summed E-state index contributed by atoms with van der Waals surface area (Å²) in [4.78, 5) is 21.2. The molecule has 0 radical (unpaired) electrons. The molecule has 3 aliphatic heterocycles. The molecule has 0 aromatic heterocycles. The fraction of sp³-hybridized carbons (Fsp3) is 0.536. The molecule has 0 saturated carbocycles. The van der Waals surface area contributed by atoms with Crippen LogP contribution in [0, 0.1) is 0 Å². The van der Waals surface area contributed by atoms with Gasteiger partial charge in [-0.05, 0) is 36.2 Å². The van der Waals surface area contributed by atoms with E-state index in [1.165, 1.54) is 11.3 Å². The third-order valence-electron chi connectivity index (χ3n) is 7.48. The van der Waals surface area contributed by atoms with Gasteiger partial charge in [0.15, 0.2) is 6.61 Å². The minimum atomic E-state index is -0.655. The zero-order valence-electron chi connectivity index (χ0n) is 21.1. The van der Waals surface area contributed by atoms with E-state index in [4.69, 9.17) is 9.47 Å². The Morgan fingerprint density at radius 1 is 0.889 bits per heavy atom.